The van der Waals surface area contributed by atoms with Gasteiger partial charge in [-0.2, -0.15) is 0 Å². The predicted molar refractivity (Wildman–Crippen MR) is 116 cm³/mol. The topological polar surface area (TPSA) is 31.6 Å². The SMILES string of the molecule is CSc1ccc(C(c2c[nH]c3ccccc23)c2c[nH]c3ccccc23)cc1. The molecule has 0 spiro atoms. The van der Waals surface area contributed by atoms with E-state index in [1.54, 1.807) is 11.8 Å². The van der Waals surface area contributed by atoms with Crippen molar-refractivity contribution < 1.29 is 0 Å². The maximum atomic E-state index is 3.46. The number of H-pyrrole nitrogens is 2. The van der Waals surface area contributed by atoms with Gasteiger partial charge >= 0.3 is 0 Å². The Morgan fingerprint density at radius 2 is 1.19 bits per heavy atom. The van der Waals surface area contributed by atoms with Gasteiger partial charge < -0.3 is 9.97 Å². The lowest BCUT2D eigenvalue weighted by Crippen LogP contribution is -2.02. The highest BCUT2D eigenvalue weighted by Gasteiger charge is 2.23. The molecule has 2 heterocycles. The minimum Gasteiger partial charge on any atom is -0.361 e. The van der Waals surface area contributed by atoms with Crippen molar-refractivity contribution in [3.63, 3.8) is 0 Å². The number of thioether (sulfide) groups is 1. The van der Waals surface area contributed by atoms with E-state index in [1.807, 2.05) is 0 Å². The summed E-state index contributed by atoms with van der Waals surface area (Å²) < 4.78 is 0. The lowest BCUT2D eigenvalue weighted by molar-refractivity contribution is 0.994. The smallest absolute Gasteiger partial charge is 0.0457 e. The van der Waals surface area contributed by atoms with Crippen molar-refractivity contribution in [3.8, 4) is 0 Å². The Hall–Kier alpha value is -2.91. The second kappa shape index (κ2) is 6.67. The molecule has 2 N–H and O–H groups in total. The van der Waals surface area contributed by atoms with Crippen LogP contribution in [0.4, 0.5) is 0 Å². The number of nitrogens with one attached hydrogen (secondary N) is 2. The van der Waals surface area contributed by atoms with E-state index >= 15 is 0 Å². The zero-order valence-corrected chi connectivity index (χ0v) is 15.9. The normalized spacial score (nSPS) is 11.6. The van der Waals surface area contributed by atoms with Crippen LogP contribution in [0.5, 0.6) is 0 Å². The van der Waals surface area contributed by atoms with E-state index in [1.165, 1.54) is 43.4 Å². The van der Waals surface area contributed by atoms with Crippen molar-refractivity contribution in [3.05, 3.63) is 102 Å². The van der Waals surface area contributed by atoms with E-state index in [4.69, 9.17) is 0 Å². The fourth-order valence-corrected chi connectivity index (χ4v) is 4.40. The number of rotatable bonds is 4. The number of fused-ring (bicyclic) bond motifs is 2. The summed E-state index contributed by atoms with van der Waals surface area (Å²) in [5.74, 6) is 0.174. The van der Waals surface area contributed by atoms with Crippen LogP contribution in [0.25, 0.3) is 21.8 Å². The minimum absolute atomic E-state index is 0.174. The molecule has 0 fully saturated rings. The van der Waals surface area contributed by atoms with E-state index in [0.717, 1.165) is 0 Å². The molecule has 2 nitrogen and oxygen atoms in total. The van der Waals surface area contributed by atoms with Gasteiger partial charge in [0.15, 0.2) is 0 Å². The first-order valence-electron chi connectivity index (χ1n) is 9.11. The summed E-state index contributed by atoms with van der Waals surface area (Å²) in [4.78, 5) is 8.20. The molecule has 132 valence electrons. The number of para-hydroxylation sites is 2. The Kier molecular flexibility index (Phi) is 4.02. The van der Waals surface area contributed by atoms with Gasteiger partial charge in [-0.15, -0.1) is 11.8 Å². The molecule has 0 saturated carbocycles. The molecular weight excluding hydrogens is 348 g/mol. The second-order valence-corrected chi connectivity index (χ2v) is 7.67. The monoisotopic (exact) mass is 368 g/mol. The fraction of sp³-hybridized carbons (Fsp3) is 0.0833. The van der Waals surface area contributed by atoms with Gasteiger partial charge in [0, 0.05) is 45.0 Å². The number of hydrogen-bond donors (Lipinski definition) is 2. The van der Waals surface area contributed by atoms with Crippen molar-refractivity contribution in [2.45, 2.75) is 10.8 Å². The molecule has 2 aromatic heterocycles. The quantitative estimate of drug-likeness (QED) is 0.346. The molecule has 0 aliphatic heterocycles. The van der Waals surface area contributed by atoms with E-state index in [9.17, 15) is 0 Å². The highest BCUT2D eigenvalue weighted by Crippen LogP contribution is 2.39. The van der Waals surface area contributed by atoms with Gasteiger partial charge in [-0.1, -0.05) is 48.5 Å². The van der Waals surface area contributed by atoms with Crippen molar-refractivity contribution in [1.82, 2.24) is 9.97 Å². The number of aromatic nitrogens is 2. The largest absolute Gasteiger partial charge is 0.361 e. The summed E-state index contributed by atoms with van der Waals surface area (Å²) in [5.41, 5.74) is 6.29. The van der Waals surface area contributed by atoms with Gasteiger partial charge in [-0.25, -0.2) is 0 Å². The van der Waals surface area contributed by atoms with Crippen LogP contribution in [0, 0.1) is 0 Å². The molecule has 3 aromatic carbocycles. The maximum Gasteiger partial charge on any atom is 0.0457 e. The first kappa shape index (κ1) is 16.3. The van der Waals surface area contributed by atoms with Crippen LogP contribution >= 0.6 is 11.8 Å². The summed E-state index contributed by atoms with van der Waals surface area (Å²) in [5, 5.41) is 2.56. The molecule has 0 aliphatic rings. The van der Waals surface area contributed by atoms with E-state index in [2.05, 4.69) is 101 Å². The summed E-state index contributed by atoms with van der Waals surface area (Å²) in [6, 6.07) is 26.1. The summed E-state index contributed by atoms with van der Waals surface area (Å²) in [6.07, 6.45) is 6.45. The number of benzene rings is 3. The molecule has 3 heteroatoms. The molecule has 0 unspecified atom stereocenters. The zero-order chi connectivity index (χ0) is 18.2. The Labute approximate surface area is 162 Å². The molecule has 0 aliphatic carbocycles. The third-order valence-electron chi connectivity index (χ3n) is 5.31. The lowest BCUT2D eigenvalue weighted by atomic mass is 9.85. The van der Waals surface area contributed by atoms with E-state index in [0.29, 0.717) is 0 Å². The minimum atomic E-state index is 0.174. The van der Waals surface area contributed by atoms with E-state index in [-0.39, 0.29) is 5.92 Å². The molecule has 0 amide bonds. The van der Waals surface area contributed by atoms with Gasteiger partial charge in [0.05, 0.1) is 0 Å². The van der Waals surface area contributed by atoms with Gasteiger partial charge in [0.25, 0.3) is 0 Å². The van der Waals surface area contributed by atoms with Crippen LogP contribution in [0.2, 0.25) is 0 Å². The Bertz CT molecular complexity index is 1140. The number of hydrogen-bond acceptors (Lipinski definition) is 1. The van der Waals surface area contributed by atoms with Gasteiger partial charge in [0.1, 0.15) is 0 Å². The van der Waals surface area contributed by atoms with Crippen molar-refractivity contribution in [2.75, 3.05) is 6.26 Å². The van der Waals surface area contributed by atoms with Crippen molar-refractivity contribution >= 4 is 33.6 Å². The second-order valence-electron chi connectivity index (χ2n) is 6.79. The van der Waals surface area contributed by atoms with Crippen LogP contribution in [-0.2, 0) is 0 Å². The van der Waals surface area contributed by atoms with Crippen LogP contribution in [0.1, 0.15) is 22.6 Å². The zero-order valence-electron chi connectivity index (χ0n) is 15.1. The van der Waals surface area contributed by atoms with Crippen LogP contribution in [0.3, 0.4) is 0 Å². The van der Waals surface area contributed by atoms with E-state index < -0.39 is 0 Å². The average molecular weight is 369 g/mol. The summed E-state index contributed by atoms with van der Waals surface area (Å²) >= 11 is 1.78. The third-order valence-corrected chi connectivity index (χ3v) is 6.06. The average Bonchev–Trinajstić information content (AvgIpc) is 3.34. The maximum absolute atomic E-state index is 3.46. The highest BCUT2D eigenvalue weighted by molar-refractivity contribution is 7.98. The first-order chi connectivity index (χ1) is 13.3. The van der Waals surface area contributed by atoms with Crippen LogP contribution in [0.15, 0.2) is 90.1 Å². The first-order valence-corrected chi connectivity index (χ1v) is 10.3. The standard InChI is InChI=1S/C24H20N2S/c1-27-17-12-10-16(11-13-17)24(20-14-25-22-8-4-2-6-18(20)22)21-15-26-23-9-5-3-7-19(21)23/h2-15,24-26H,1H3. The summed E-state index contributed by atoms with van der Waals surface area (Å²) in [6.45, 7) is 0. The molecule has 0 bridgehead atoms. The highest BCUT2D eigenvalue weighted by atomic mass is 32.2. The third kappa shape index (κ3) is 2.75. The molecule has 0 atom stereocenters. The lowest BCUT2D eigenvalue weighted by Gasteiger charge is -2.18. The Morgan fingerprint density at radius 1 is 0.667 bits per heavy atom. The van der Waals surface area contributed by atoms with Gasteiger partial charge in [-0.05, 0) is 47.2 Å². The molecule has 5 rings (SSSR count). The molecular formula is C24H20N2S. The Morgan fingerprint density at radius 3 is 1.70 bits per heavy atom. The summed E-state index contributed by atoms with van der Waals surface area (Å²) in [7, 11) is 0. The van der Waals surface area contributed by atoms with Crippen LogP contribution in [-0.4, -0.2) is 16.2 Å². The molecule has 0 radical (unpaired) electrons. The fourth-order valence-electron chi connectivity index (χ4n) is 3.99. The van der Waals surface area contributed by atoms with Gasteiger partial charge in [0.2, 0.25) is 0 Å². The number of aromatic amines is 2. The molecule has 27 heavy (non-hydrogen) atoms. The van der Waals surface area contributed by atoms with Gasteiger partial charge in [-0.3, -0.25) is 0 Å². The van der Waals surface area contributed by atoms with Crippen LogP contribution < -0.4 is 0 Å². The molecule has 5 aromatic rings. The van der Waals surface area contributed by atoms with Crippen molar-refractivity contribution in [2.24, 2.45) is 0 Å². The predicted octanol–water partition coefficient (Wildman–Crippen LogP) is 6.55. The molecule has 0 saturated heterocycles. The van der Waals surface area contributed by atoms with Crippen molar-refractivity contribution in [1.29, 1.82) is 0 Å². The Balaban J connectivity index is 1.76.